The summed E-state index contributed by atoms with van der Waals surface area (Å²) in [4.78, 5) is 27.7. The van der Waals surface area contributed by atoms with Crippen LogP contribution >= 0.6 is 11.8 Å². The van der Waals surface area contributed by atoms with Crippen molar-refractivity contribution in [3.8, 4) is 11.5 Å². The van der Waals surface area contributed by atoms with Crippen LogP contribution in [0.15, 0.2) is 102 Å². The molecule has 1 heterocycles. The fourth-order valence-electron chi connectivity index (χ4n) is 4.43. The van der Waals surface area contributed by atoms with E-state index in [1.807, 2.05) is 84.9 Å². The van der Waals surface area contributed by atoms with E-state index >= 15 is 0 Å². The number of hydrogen-bond donors (Lipinski definition) is 0. The van der Waals surface area contributed by atoms with Gasteiger partial charge < -0.3 is 9.47 Å². The number of thioether (sulfide) groups is 1. The number of rotatable bonds is 9. The van der Waals surface area contributed by atoms with Gasteiger partial charge in [-0.3, -0.25) is 14.5 Å². The maximum absolute atomic E-state index is 13.2. The molecule has 190 valence electrons. The standard InChI is InChI=1S/C32H27NO4S/c1-3-9-27-17-24(18-28(36-2)30(27)37-21-22-10-5-4-6-11-22)19-29-31(34)33(32(35)38-29)20-23-14-15-25-12-7-8-13-26(25)16-23/h3-8,10-19H,1,9,20-21H2,2H3/b29-19-. The molecule has 5 rings (SSSR count). The minimum atomic E-state index is -0.304. The van der Waals surface area contributed by atoms with Crippen LogP contribution in [-0.2, 0) is 24.4 Å². The van der Waals surface area contributed by atoms with Crippen LogP contribution in [0.3, 0.4) is 0 Å². The maximum Gasteiger partial charge on any atom is 0.293 e. The SMILES string of the molecule is C=CCc1cc(/C=C2\SC(=O)N(Cc3ccc4ccccc4c3)C2=O)cc(OC)c1OCc1ccccc1. The van der Waals surface area contributed by atoms with E-state index in [-0.39, 0.29) is 17.7 Å². The van der Waals surface area contributed by atoms with Gasteiger partial charge >= 0.3 is 0 Å². The highest BCUT2D eigenvalue weighted by Gasteiger charge is 2.35. The number of carbonyl (C=O) groups excluding carboxylic acids is 2. The summed E-state index contributed by atoms with van der Waals surface area (Å²) in [7, 11) is 1.59. The van der Waals surface area contributed by atoms with Crippen LogP contribution in [0.5, 0.6) is 11.5 Å². The number of allylic oxidation sites excluding steroid dienone is 1. The molecule has 0 radical (unpaired) electrons. The number of methoxy groups -OCH3 is 1. The third-order valence-corrected chi connectivity index (χ3v) is 7.20. The van der Waals surface area contributed by atoms with Crippen molar-refractivity contribution in [1.82, 2.24) is 4.90 Å². The lowest BCUT2D eigenvalue weighted by Gasteiger charge is -2.16. The Balaban J connectivity index is 1.39. The lowest BCUT2D eigenvalue weighted by molar-refractivity contribution is -0.123. The molecule has 1 aliphatic rings. The molecule has 0 atom stereocenters. The molecule has 2 amide bonds. The van der Waals surface area contributed by atoms with Crippen LogP contribution in [0.1, 0.15) is 22.3 Å². The Bertz CT molecular complexity index is 1540. The molecule has 0 bridgehead atoms. The van der Waals surface area contributed by atoms with Crippen LogP contribution in [-0.4, -0.2) is 23.2 Å². The van der Waals surface area contributed by atoms with Gasteiger partial charge in [-0.25, -0.2) is 0 Å². The first-order valence-electron chi connectivity index (χ1n) is 12.3. The van der Waals surface area contributed by atoms with Crippen molar-refractivity contribution in [3.05, 3.63) is 125 Å². The second-order valence-corrected chi connectivity index (χ2v) is 9.92. The number of hydrogen-bond acceptors (Lipinski definition) is 5. The molecule has 4 aromatic rings. The van der Waals surface area contributed by atoms with Gasteiger partial charge in [0.25, 0.3) is 11.1 Å². The molecular formula is C32H27NO4S. The monoisotopic (exact) mass is 521 g/mol. The number of fused-ring (bicyclic) bond motifs is 1. The fraction of sp³-hybridized carbons (Fsp3) is 0.125. The largest absolute Gasteiger partial charge is 0.493 e. The smallest absolute Gasteiger partial charge is 0.293 e. The minimum absolute atomic E-state index is 0.226. The van der Waals surface area contributed by atoms with Gasteiger partial charge in [0.05, 0.1) is 18.6 Å². The zero-order chi connectivity index (χ0) is 26.5. The summed E-state index contributed by atoms with van der Waals surface area (Å²) in [5, 5.41) is 1.91. The van der Waals surface area contributed by atoms with Gasteiger partial charge in [0, 0.05) is 5.56 Å². The van der Waals surface area contributed by atoms with E-state index in [1.165, 1.54) is 4.90 Å². The number of ether oxygens (including phenoxy) is 2. The second kappa shape index (κ2) is 11.4. The lowest BCUT2D eigenvalue weighted by Crippen LogP contribution is -2.27. The van der Waals surface area contributed by atoms with Crippen LogP contribution in [0.2, 0.25) is 0 Å². The van der Waals surface area contributed by atoms with Crippen LogP contribution in [0, 0.1) is 0 Å². The summed E-state index contributed by atoms with van der Waals surface area (Å²) in [6, 6.07) is 27.7. The molecule has 0 N–H and O–H groups in total. The van der Waals surface area contributed by atoms with Gasteiger partial charge in [0.15, 0.2) is 11.5 Å². The van der Waals surface area contributed by atoms with Gasteiger partial charge in [0.1, 0.15) is 6.61 Å². The van der Waals surface area contributed by atoms with E-state index < -0.39 is 0 Å². The Labute approximate surface area is 226 Å². The molecule has 1 saturated heterocycles. The Morgan fingerprint density at radius 3 is 2.42 bits per heavy atom. The summed E-state index contributed by atoms with van der Waals surface area (Å²) in [5.41, 5.74) is 3.59. The quantitative estimate of drug-likeness (QED) is 0.170. The van der Waals surface area contributed by atoms with Crippen molar-refractivity contribution in [2.24, 2.45) is 0 Å². The van der Waals surface area contributed by atoms with Gasteiger partial charge in [-0.05, 0) is 69.9 Å². The van der Waals surface area contributed by atoms with E-state index in [9.17, 15) is 9.59 Å². The first-order valence-corrected chi connectivity index (χ1v) is 13.1. The van der Waals surface area contributed by atoms with Crippen molar-refractivity contribution >= 4 is 39.8 Å². The third kappa shape index (κ3) is 5.50. The summed E-state index contributed by atoms with van der Waals surface area (Å²) in [6.45, 7) is 4.50. The molecule has 0 unspecified atom stereocenters. The van der Waals surface area contributed by atoms with E-state index in [4.69, 9.17) is 9.47 Å². The van der Waals surface area contributed by atoms with Gasteiger partial charge in [0.2, 0.25) is 0 Å². The topological polar surface area (TPSA) is 55.8 Å². The molecule has 1 aliphatic heterocycles. The first-order chi connectivity index (χ1) is 18.6. The van der Waals surface area contributed by atoms with Crippen molar-refractivity contribution < 1.29 is 19.1 Å². The molecular weight excluding hydrogens is 494 g/mol. The lowest BCUT2D eigenvalue weighted by atomic mass is 10.0. The Morgan fingerprint density at radius 1 is 0.895 bits per heavy atom. The predicted molar refractivity (Wildman–Crippen MR) is 153 cm³/mol. The summed E-state index contributed by atoms with van der Waals surface area (Å²) in [6.07, 6.45) is 4.10. The Kier molecular flexibility index (Phi) is 7.61. The van der Waals surface area contributed by atoms with Gasteiger partial charge in [-0.2, -0.15) is 0 Å². The number of nitrogens with zero attached hydrogens (tertiary/aromatic N) is 1. The zero-order valence-corrected chi connectivity index (χ0v) is 21.9. The molecule has 0 spiro atoms. The van der Waals surface area contributed by atoms with Gasteiger partial charge in [-0.1, -0.05) is 72.8 Å². The van der Waals surface area contributed by atoms with E-state index in [1.54, 1.807) is 19.3 Å². The molecule has 4 aromatic carbocycles. The maximum atomic E-state index is 13.2. The molecule has 0 saturated carbocycles. The van der Waals surface area contributed by atoms with Crippen molar-refractivity contribution in [2.45, 2.75) is 19.6 Å². The highest BCUT2D eigenvalue weighted by atomic mass is 32.2. The van der Waals surface area contributed by atoms with Crippen LogP contribution in [0.25, 0.3) is 16.8 Å². The molecule has 38 heavy (non-hydrogen) atoms. The third-order valence-electron chi connectivity index (χ3n) is 6.29. The van der Waals surface area contributed by atoms with Crippen molar-refractivity contribution in [3.63, 3.8) is 0 Å². The minimum Gasteiger partial charge on any atom is -0.493 e. The van der Waals surface area contributed by atoms with E-state index in [2.05, 4.69) is 6.58 Å². The summed E-state index contributed by atoms with van der Waals surface area (Å²) in [5.74, 6) is 0.890. The molecule has 5 nitrogen and oxygen atoms in total. The number of amides is 2. The zero-order valence-electron chi connectivity index (χ0n) is 21.1. The first kappa shape index (κ1) is 25.4. The number of imide groups is 1. The molecule has 1 fully saturated rings. The average Bonchev–Trinajstić information content (AvgIpc) is 3.20. The second-order valence-electron chi connectivity index (χ2n) is 8.93. The molecule has 0 aromatic heterocycles. The average molecular weight is 522 g/mol. The Morgan fingerprint density at radius 2 is 1.66 bits per heavy atom. The summed E-state index contributed by atoms with van der Waals surface area (Å²) >= 11 is 0.950. The van der Waals surface area contributed by atoms with Crippen molar-refractivity contribution in [1.29, 1.82) is 0 Å². The van der Waals surface area contributed by atoms with Gasteiger partial charge in [-0.15, -0.1) is 6.58 Å². The number of benzene rings is 4. The van der Waals surface area contributed by atoms with Crippen LogP contribution in [0.4, 0.5) is 4.79 Å². The fourth-order valence-corrected chi connectivity index (χ4v) is 5.26. The highest BCUT2D eigenvalue weighted by molar-refractivity contribution is 8.18. The normalized spacial score (nSPS) is 14.3. The highest BCUT2D eigenvalue weighted by Crippen LogP contribution is 2.38. The molecule has 0 aliphatic carbocycles. The van der Waals surface area contributed by atoms with E-state index in [0.29, 0.717) is 29.4 Å². The summed E-state index contributed by atoms with van der Waals surface area (Å²) < 4.78 is 11.8. The Hall–Kier alpha value is -4.29. The van der Waals surface area contributed by atoms with Crippen LogP contribution < -0.4 is 9.47 Å². The van der Waals surface area contributed by atoms with Crippen molar-refractivity contribution in [2.75, 3.05) is 7.11 Å². The number of carbonyl (C=O) groups is 2. The molecule has 6 heteroatoms. The van der Waals surface area contributed by atoms with E-state index in [0.717, 1.165) is 44.8 Å². The predicted octanol–water partition coefficient (Wildman–Crippen LogP) is 7.39.